The van der Waals surface area contributed by atoms with Crippen molar-refractivity contribution in [2.45, 2.75) is 6.92 Å². The molecule has 2 amide bonds. The highest BCUT2D eigenvalue weighted by Crippen LogP contribution is 2.09. The third-order valence-corrected chi connectivity index (χ3v) is 2.18. The normalized spacial score (nSPS) is 9.88. The predicted molar refractivity (Wildman–Crippen MR) is 58.6 cm³/mol. The van der Waals surface area contributed by atoms with Crippen LogP contribution in [0.5, 0.6) is 0 Å². The van der Waals surface area contributed by atoms with Crippen molar-refractivity contribution in [2.75, 3.05) is 25.9 Å². The molecule has 0 saturated carbocycles. The Balaban J connectivity index is 2.78. The number of nitrogens with two attached hydrogens (primary N) is 1. The fraction of sp³-hybridized carbons (Fsp3) is 0.444. The van der Waals surface area contributed by atoms with E-state index in [-0.39, 0.29) is 29.7 Å². The number of likely N-dealkylation sites (N-methyl/N-ethyl adjacent to an activating group) is 2. The van der Waals surface area contributed by atoms with Crippen LogP contribution in [0.25, 0.3) is 0 Å². The van der Waals surface area contributed by atoms with E-state index >= 15 is 0 Å². The van der Waals surface area contributed by atoms with Crippen LogP contribution in [0.1, 0.15) is 17.3 Å². The van der Waals surface area contributed by atoms with Crippen LogP contribution in [0.15, 0.2) is 6.20 Å². The van der Waals surface area contributed by atoms with E-state index in [1.165, 1.54) is 18.1 Å². The second kappa shape index (κ2) is 5.15. The molecule has 0 saturated heterocycles. The van der Waals surface area contributed by atoms with Crippen molar-refractivity contribution in [1.82, 2.24) is 20.4 Å². The van der Waals surface area contributed by atoms with Gasteiger partial charge in [0.05, 0.1) is 12.7 Å². The Labute approximate surface area is 93.0 Å². The number of carbonyl (C=O) groups is 2. The van der Waals surface area contributed by atoms with Crippen molar-refractivity contribution in [3.8, 4) is 0 Å². The number of aromatic amines is 1. The Bertz CT molecular complexity index is 387. The van der Waals surface area contributed by atoms with Crippen LogP contribution in [0, 0.1) is 0 Å². The summed E-state index contributed by atoms with van der Waals surface area (Å²) in [6.45, 7) is 2.23. The summed E-state index contributed by atoms with van der Waals surface area (Å²) < 4.78 is 0. The molecule has 1 rings (SSSR count). The first kappa shape index (κ1) is 12.0. The van der Waals surface area contributed by atoms with Crippen molar-refractivity contribution in [3.05, 3.63) is 11.8 Å². The Morgan fingerprint density at radius 1 is 1.62 bits per heavy atom. The number of anilines is 1. The predicted octanol–water partition coefficient (Wildman–Crippen LogP) is -0.800. The van der Waals surface area contributed by atoms with Gasteiger partial charge in [0.1, 0.15) is 11.4 Å². The highest BCUT2D eigenvalue weighted by Gasteiger charge is 2.19. The SMILES string of the molecule is CCN(CC(=O)NC)C(=O)c1cn[nH]c1N. The summed E-state index contributed by atoms with van der Waals surface area (Å²) in [5, 5.41) is 8.59. The van der Waals surface area contributed by atoms with Gasteiger partial charge in [-0.15, -0.1) is 0 Å². The molecule has 88 valence electrons. The highest BCUT2D eigenvalue weighted by molar-refractivity contribution is 5.99. The Hall–Kier alpha value is -2.05. The number of amides is 2. The number of H-pyrrole nitrogens is 1. The molecule has 7 nitrogen and oxygen atoms in total. The van der Waals surface area contributed by atoms with Gasteiger partial charge in [-0.2, -0.15) is 5.10 Å². The third-order valence-electron chi connectivity index (χ3n) is 2.18. The number of nitrogens with one attached hydrogen (secondary N) is 2. The average molecular weight is 225 g/mol. The van der Waals surface area contributed by atoms with Gasteiger partial charge in [0, 0.05) is 13.6 Å². The van der Waals surface area contributed by atoms with Gasteiger partial charge in [-0.3, -0.25) is 14.7 Å². The van der Waals surface area contributed by atoms with Crippen molar-refractivity contribution in [1.29, 1.82) is 0 Å². The first-order valence-corrected chi connectivity index (χ1v) is 4.88. The van der Waals surface area contributed by atoms with E-state index in [4.69, 9.17) is 5.73 Å². The smallest absolute Gasteiger partial charge is 0.259 e. The molecule has 0 aliphatic carbocycles. The van der Waals surface area contributed by atoms with E-state index < -0.39 is 0 Å². The summed E-state index contributed by atoms with van der Waals surface area (Å²) in [7, 11) is 1.52. The summed E-state index contributed by atoms with van der Waals surface area (Å²) in [6, 6.07) is 0. The van der Waals surface area contributed by atoms with Gasteiger partial charge in [-0.25, -0.2) is 0 Å². The minimum atomic E-state index is -0.308. The molecular weight excluding hydrogens is 210 g/mol. The molecule has 0 aliphatic rings. The van der Waals surface area contributed by atoms with Crippen LogP contribution in [-0.2, 0) is 4.79 Å². The maximum absolute atomic E-state index is 11.9. The molecule has 0 aliphatic heterocycles. The molecule has 0 spiro atoms. The van der Waals surface area contributed by atoms with E-state index in [1.807, 2.05) is 0 Å². The molecule has 0 bridgehead atoms. The number of hydrogen-bond acceptors (Lipinski definition) is 4. The van der Waals surface area contributed by atoms with E-state index in [9.17, 15) is 9.59 Å². The fourth-order valence-electron chi connectivity index (χ4n) is 1.22. The topological polar surface area (TPSA) is 104 Å². The monoisotopic (exact) mass is 225 g/mol. The zero-order chi connectivity index (χ0) is 12.1. The molecule has 1 aromatic rings. The molecule has 0 unspecified atom stereocenters. The lowest BCUT2D eigenvalue weighted by molar-refractivity contribution is -0.121. The van der Waals surface area contributed by atoms with Gasteiger partial charge in [0.2, 0.25) is 5.91 Å². The molecule has 1 heterocycles. The Kier molecular flexibility index (Phi) is 3.87. The standard InChI is InChI=1S/C9H15N5O2/c1-3-14(5-7(15)11-2)9(16)6-4-12-13-8(6)10/h4H,3,5H2,1-2H3,(H,11,15)(H3,10,12,13). The van der Waals surface area contributed by atoms with Gasteiger partial charge in [0.15, 0.2) is 0 Å². The maximum atomic E-state index is 11.9. The van der Waals surface area contributed by atoms with Crippen LogP contribution in [0.4, 0.5) is 5.82 Å². The number of aromatic nitrogens is 2. The number of hydrogen-bond donors (Lipinski definition) is 3. The third kappa shape index (κ3) is 2.50. The van der Waals surface area contributed by atoms with Gasteiger partial charge >= 0.3 is 0 Å². The minimum absolute atomic E-state index is 0.0104. The average Bonchev–Trinajstić information content (AvgIpc) is 2.71. The molecule has 16 heavy (non-hydrogen) atoms. The summed E-state index contributed by atoms with van der Waals surface area (Å²) in [5.74, 6) is -0.324. The van der Waals surface area contributed by atoms with E-state index in [0.29, 0.717) is 6.54 Å². The lowest BCUT2D eigenvalue weighted by Gasteiger charge is -2.19. The lowest BCUT2D eigenvalue weighted by atomic mass is 10.2. The summed E-state index contributed by atoms with van der Waals surface area (Å²) >= 11 is 0. The lowest BCUT2D eigenvalue weighted by Crippen LogP contribution is -2.39. The van der Waals surface area contributed by atoms with Gasteiger partial charge in [-0.05, 0) is 6.92 Å². The Morgan fingerprint density at radius 3 is 2.75 bits per heavy atom. The second-order valence-corrected chi connectivity index (χ2v) is 3.19. The molecule has 0 fully saturated rings. The van der Waals surface area contributed by atoms with Crippen molar-refractivity contribution in [2.24, 2.45) is 0 Å². The van der Waals surface area contributed by atoms with Crippen LogP contribution in [-0.4, -0.2) is 47.0 Å². The van der Waals surface area contributed by atoms with Crippen LogP contribution in [0.2, 0.25) is 0 Å². The van der Waals surface area contributed by atoms with Crippen LogP contribution >= 0.6 is 0 Å². The van der Waals surface area contributed by atoms with Crippen molar-refractivity contribution >= 4 is 17.6 Å². The number of carbonyl (C=O) groups excluding carboxylic acids is 2. The highest BCUT2D eigenvalue weighted by atomic mass is 16.2. The number of rotatable bonds is 4. The van der Waals surface area contributed by atoms with Crippen molar-refractivity contribution in [3.63, 3.8) is 0 Å². The van der Waals surface area contributed by atoms with Crippen LogP contribution in [0.3, 0.4) is 0 Å². The maximum Gasteiger partial charge on any atom is 0.259 e. The first-order chi connectivity index (χ1) is 7.60. The molecule has 0 radical (unpaired) electrons. The summed E-state index contributed by atoms with van der Waals surface area (Å²) in [4.78, 5) is 24.5. The first-order valence-electron chi connectivity index (χ1n) is 4.88. The molecule has 7 heteroatoms. The molecule has 4 N–H and O–H groups in total. The minimum Gasteiger partial charge on any atom is -0.383 e. The van der Waals surface area contributed by atoms with Gasteiger partial charge < -0.3 is 16.0 Å². The van der Waals surface area contributed by atoms with Gasteiger partial charge in [0.25, 0.3) is 5.91 Å². The molecule has 0 aromatic carbocycles. The quantitative estimate of drug-likeness (QED) is 0.624. The Morgan fingerprint density at radius 2 is 2.31 bits per heavy atom. The zero-order valence-electron chi connectivity index (χ0n) is 9.28. The van der Waals surface area contributed by atoms with Crippen molar-refractivity contribution < 1.29 is 9.59 Å². The summed E-state index contributed by atoms with van der Waals surface area (Å²) in [5.41, 5.74) is 5.81. The van der Waals surface area contributed by atoms with Crippen LogP contribution < -0.4 is 11.1 Å². The molecule has 1 aromatic heterocycles. The molecular formula is C9H15N5O2. The fourth-order valence-corrected chi connectivity index (χ4v) is 1.22. The number of nitrogens with zero attached hydrogens (tertiary/aromatic N) is 2. The van der Waals surface area contributed by atoms with E-state index in [2.05, 4.69) is 15.5 Å². The zero-order valence-corrected chi connectivity index (χ0v) is 9.28. The molecule has 0 atom stereocenters. The van der Waals surface area contributed by atoms with Gasteiger partial charge in [-0.1, -0.05) is 0 Å². The van der Waals surface area contributed by atoms with E-state index in [1.54, 1.807) is 6.92 Å². The second-order valence-electron chi connectivity index (χ2n) is 3.19. The summed E-state index contributed by atoms with van der Waals surface area (Å²) in [6.07, 6.45) is 1.35. The largest absolute Gasteiger partial charge is 0.383 e. The van der Waals surface area contributed by atoms with E-state index in [0.717, 1.165) is 0 Å². The number of nitrogen functional groups attached to an aromatic ring is 1.